The van der Waals surface area contributed by atoms with Crippen LogP contribution in [0.2, 0.25) is 20.1 Å². The second kappa shape index (κ2) is 8.86. The quantitative estimate of drug-likeness (QED) is 0.379. The highest BCUT2D eigenvalue weighted by Gasteiger charge is 2.34. The molecule has 1 aliphatic rings. The van der Waals surface area contributed by atoms with Crippen LogP contribution in [0.1, 0.15) is 16.7 Å². The highest BCUT2D eigenvalue weighted by atomic mass is 35.5. The van der Waals surface area contributed by atoms with Crippen molar-refractivity contribution in [3.63, 3.8) is 0 Å². The lowest BCUT2D eigenvalue weighted by molar-refractivity contribution is -0.112. The molecule has 0 aromatic heterocycles. The summed E-state index contributed by atoms with van der Waals surface area (Å²) >= 11 is 24.4. The van der Waals surface area contributed by atoms with Gasteiger partial charge in [-0.25, -0.2) is 0 Å². The Balaban J connectivity index is 1.59. The van der Waals surface area contributed by atoms with Crippen LogP contribution in [0.25, 0.3) is 0 Å². The summed E-state index contributed by atoms with van der Waals surface area (Å²) in [5, 5.41) is 5.95. The second-order valence-corrected chi connectivity index (χ2v) is 8.20. The minimum Gasteiger partial charge on any atom is -0.390 e. The van der Waals surface area contributed by atoms with Gasteiger partial charge in [-0.05, 0) is 35.9 Å². The molecular weight excluding hydrogens is 466 g/mol. The molecule has 0 fully saturated rings. The average molecular weight is 480 g/mol. The van der Waals surface area contributed by atoms with Crippen LogP contribution in [0, 0.1) is 0 Å². The molecule has 0 spiro atoms. The SMILES string of the molecule is O=C1/C(=N\OCc2c(Cl)cccc2Cl)c2ccccc2N1Cc1ccc(Cl)c(Cl)c1. The summed E-state index contributed by atoms with van der Waals surface area (Å²) in [6, 6.07) is 17.8. The van der Waals surface area contributed by atoms with E-state index in [0.717, 1.165) is 11.3 Å². The molecule has 3 aromatic carbocycles. The molecule has 8 heteroatoms. The number of amides is 1. The van der Waals surface area contributed by atoms with Crippen LogP contribution in [-0.2, 0) is 22.8 Å². The Morgan fingerprint density at radius 3 is 2.30 bits per heavy atom. The van der Waals surface area contributed by atoms with Gasteiger partial charge in [0.25, 0.3) is 5.91 Å². The second-order valence-electron chi connectivity index (χ2n) is 6.57. The summed E-state index contributed by atoms with van der Waals surface area (Å²) in [6.45, 7) is 0.367. The molecule has 0 aliphatic carbocycles. The predicted molar refractivity (Wildman–Crippen MR) is 122 cm³/mol. The number of para-hydroxylation sites is 1. The maximum atomic E-state index is 13.1. The van der Waals surface area contributed by atoms with Gasteiger partial charge in [0.15, 0.2) is 5.71 Å². The molecule has 152 valence electrons. The number of carbonyl (C=O) groups excluding carboxylic acids is 1. The van der Waals surface area contributed by atoms with Gasteiger partial charge in [-0.15, -0.1) is 0 Å². The van der Waals surface area contributed by atoms with Gasteiger partial charge in [-0.2, -0.15) is 0 Å². The lowest BCUT2D eigenvalue weighted by Gasteiger charge is -2.17. The molecule has 0 saturated heterocycles. The van der Waals surface area contributed by atoms with Gasteiger partial charge >= 0.3 is 0 Å². The molecule has 1 aliphatic heterocycles. The number of rotatable bonds is 5. The number of fused-ring (bicyclic) bond motifs is 1. The zero-order chi connectivity index (χ0) is 21.3. The van der Waals surface area contributed by atoms with Crippen LogP contribution in [0.3, 0.4) is 0 Å². The molecule has 0 atom stereocenters. The van der Waals surface area contributed by atoms with Crippen LogP contribution in [0.4, 0.5) is 5.69 Å². The molecule has 0 bridgehead atoms. The number of oxime groups is 1. The summed E-state index contributed by atoms with van der Waals surface area (Å²) in [6.07, 6.45) is 0. The van der Waals surface area contributed by atoms with Crippen molar-refractivity contribution in [2.24, 2.45) is 5.16 Å². The van der Waals surface area contributed by atoms with Gasteiger partial charge in [0.2, 0.25) is 0 Å². The number of hydrogen-bond acceptors (Lipinski definition) is 3. The molecule has 4 rings (SSSR count). The topological polar surface area (TPSA) is 41.9 Å². The lowest BCUT2D eigenvalue weighted by Crippen LogP contribution is -2.29. The smallest absolute Gasteiger partial charge is 0.281 e. The third-order valence-corrected chi connectivity index (χ3v) is 6.10. The zero-order valence-electron chi connectivity index (χ0n) is 15.4. The Labute approximate surface area is 193 Å². The third kappa shape index (κ3) is 4.14. The number of anilines is 1. The number of hydrogen-bond donors (Lipinski definition) is 0. The van der Waals surface area contributed by atoms with E-state index in [1.54, 1.807) is 35.2 Å². The fourth-order valence-corrected chi connectivity index (χ4v) is 3.99. The highest BCUT2D eigenvalue weighted by Crippen LogP contribution is 2.32. The minimum absolute atomic E-state index is 0.0459. The summed E-state index contributed by atoms with van der Waals surface area (Å²) in [5.74, 6) is -0.271. The number of nitrogens with zero attached hydrogens (tertiary/aromatic N) is 2. The Morgan fingerprint density at radius 2 is 1.57 bits per heavy atom. The van der Waals surface area contributed by atoms with E-state index in [1.807, 2.05) is 30.3 Å². The van der Waals surface area contributed by atoms with Crippen molar-refractivity contribution in [3.8, 4) is 0 Å². The van der Waals surface area contributed by atoms with E-state index in [-0.39, 0.29) is 18.2 Å². The Kier molecular flexibility index (Phi) is 6.21. The minimum atomic E-state index is -0.271. The highest BCUT2D eigenvalue weighted by molar-refractivity contribution is 6.54. The van der Waals surface area contributed by atoms with Crippen molar-refractivity contribution in [2.75, 3.05) is 4.90 Å². The van der Waals surface area contributed by atoms with Crippen molar-refractivity contribution >= 4 is 63.7 Å². The standard InChI is InChI=1S/C22H14Cl4N2O2/c23-16-5-3-6-17(24)15(16)12-30-27-21-14-4-1-2-7-20(14)28(22(21)29)11-13-8-9-18(25)19(26)10-13/h1-10H,11-12H2/b27-21-. The molecule has 0 saturated carbocycles. The normalized spacial score (nSPS) is 14.3. The third-order valence-electron chi connectivity index (χ3n) is 4.65. The van der Waals surface area contributed by atoms with Crippen molar-refractivity contribution < 1.29 is 9.63 Å². The fraction of sp³-hybridized carbons (Fsp3) is 0.0909. The maximum Gasteiger partial charge on any atom is 0.281 e. The largest absolute Gasteiger partial charge is 0.390 e. The van der Waals surface area contributed by atoms with Gasteiger partial charge in [-0.1, -0.05) is 81.9 Å². The summed E-state index contributed by atoms with van der Waals surface area (Å²) in [5.41, 5.74) is 3.10. The lowest BCUT2D eigenvalue weighted by atomic mass is 10.1. The van der Waals surface area contributed by atoms with Gasteiger partial charge < -0.3 is 9.74 Å². The van der Waals surface area contributed by atoms with E-state index < -0.39 is 0 Å². The van der Waals surface area contributed by atoms with E-state index >= 15 is 0 Å². The van der Waals surface area contributed by atoms with Gasteiger partial charge in [0.1, 0.15) is 6.61 Å². The monoisotopic (exact) mass is 478 g/mol. The maximum absolute atomic E-state index is 13.1. The fourth-order valence-electron chi connectivity index (χ4n) is 3.16. The molecular formula is C22H14Cl4N2O2. The van der Waals surface area contributed by atoms with E-state index in [0.29, 0.717) is 37.8 Å². The van der Waals surface area contributed by atoms with Crippen LogP contribution >= 0.6 is 46.4 Å². The first-order valence-corrected chi connectivity index (χ1v) is 10.4. The van der Waals surface area contributed by atoms with Gasteiger partial charge in [0, 0.05) is 21.2 Å². The molecule has 0 N–H and O–H groups in total. The van der Waals surface area contributed by atoms with E-state index in [4.69, 9.17) is 51.2 Å². The van der Waals surface area contributed by atoms with Crippen LogP contribution < -0.4 is 4.90 Å². The van der Waals surface area contributed by atoms with Crippen molar-refractivity contribution in [2.45, 2.75) is 13.2 Å². The summed E-state index contributed by atoms with van der Waals surface area (Å²) in [7, 11) is 0. The van der Waals surface area contributed by atoms with Crippen LogP contribution in [0.15, 0.2) is 65.8 Å². The molecule has 0 unspecified atom stereocenters. The van der Waals surface area contributed by atoms with Crippen LogP contribution in [-0.4, -0.2) is 11.6 Å². The number of benzene rings is 3. The Bertz CT molecular complexity index is 1140. The predicted octanol–water partition coefficient (Wildman–Crippen LogP) is 6.77. The van der Waals surface area contributed by atoms with E-state index in [9.17, 15) is 4.79 Å². The van der Waals surface area contributed by atoms with E-state index in [2.05, 4.69) is 5.16 Å². The Morgan fingerprint density at radius 1 is 0.833 bits per heavy atom. The van der Waals surface area contributed by atoms with Gasteiger partial charge in [-0.3, -0.25) is 4.79 Å². The number of carbonyl (C=O) groups is 1. The van der Waals surface area contributed by atoms with Crippen molar-refractivity contribution in [3.05, 3.63) is 97.4 Å². The molecule has 4 nitrogen and oxygen atoms in total. The van der Waals surface area contributed by atoms with Crippen molar-refractivity contribution in [1.29, 1.82) is 0 Å². The Hall–Kier alpha value is -2.24. The first-order chi connectivity index (χ1) is 14.5. The van der Waals surface area contributed by atoms with Gasteiger partial charge in [0.05, 0.1) is 22.3 Å². The molecule has 0 radical (unpaired) electrons. The molecule has 30 heavy (non-hydrogen) atoms. The number of halogens is 4. The average Bonchev–Trinajstić information content (AvgIpc) is 2.99. The molecule has 1 heterocycles. The zero-order valence-corrected chi connectivity index (χ0v) is 18.4. The van der Waals surface area contributed by atoms with E-state index in [1.165, 1.54) is 0 Å². The van der Waals surface area contributed by atoms with Crippen LogP contribution in [0.5, 0.6) is 0 Å². The summed E-state index contributed by atoms with van der Waals surface area (Å²) in [4.78, 5) is 20.2. The molecule has 1 amide bonds. The molecule has 3 aromatic rings. The van der Waals surface area contributed by atoms with Crippen molar-refractivity contribution in [1.82, 2.24) is 0 Å². The summed E-state index contributed by atoms with van der Waals surface area (Å²) < 4.78 is 0. The first-order valence-electron chi connectivity index (χ1n) is 8.93. The first kappa shape index (κ1) is 21.0.